The average molecular weight is 264 g/mol. The minimum atomic E-state index is 1.23. The minimum Gasteiger partial charge on any atom is -0.0591 e. The van der Waals surface area contributed by atoms with Crippen molar-refractivity contribution in [3.63, 3.8) is 0 Å². The van der Waals surface area contributed by atoms with Crippen LogP contribution in [0.4, 0.5) is 0 Å². The lowest BCUT2D eigenvalue weighted by Crippen LogP contribution is -2.08. The number of hydrogen-bond acceptors (Lipinski definition) is 0. The molecule has 0 N–H and O–H groups in total. The first-order valence-electron chi connectivity index (χ1n) is 7.97. The molecule has 0 unspecified atom stereocenters. The molecule has 0 spiro atoms. The van der Waals surface area contributed by atoms with Gasteiger partial charge >= 0.3 is 0 Å². The van der Waals surface area contributed by atoms with E-state index in [1.54, 1.807) is 16.7 Å². The van der Waals surface area contributed by atoms with Gasteiger partial charge in [-0.3, -0.25) is 0 Å². The van der Waals surface area contributed by atoms with E-state index in [4.69, 9.17) is 0 Å². The predicted molar refractivity (Wildman–Crippen MR) is 86.3 cm³/mol. The van der Waals surface area contributed by atoms with Crippen LogP contribution in [0.5, 0.6) is 0 Å². The van der Waals surface area contributed by atoms with Gasteiger partial charge in [0.2, 0.25) is 0 Å². The summed E-state index contributed by atoms with van der Waals surface area (Å²) in [4.78, 5) is 0. The first-order chi connectivity index (χ1) is 9.81. The number of fused-ring (bicyclic) bond motifs is 1. The molecule has 0 fully saturated rings. The number of benzene rings is 2. The summed E-state index contributed by atoms with van der Waals surface area (Å²) in [5, 5.41) is 0. The van der Waals surface area contributed by atoms with E-state index in [2.05, 4.69) is 49.4 Å². The Bertz CT molecular complexity index is 563. The van der Waals surface area contributed by atoms with Gasteiger partial charge in [0.1, 0.15) is 0 Å². The van der Waals surface area contributed by atoms with Gasteiger partial charge in [-0.25, -0.2) is 0 Å². The maximum Gasteiger partial charge on any atom is -0.0235 e. The van der Waals surface area contributed by atoms with Crippen LogP contribution in [0.25, 0.3) is 0 Å². The molecule has 0 heterocycles. The molecule has 1 aliphatic carbocycles. The molecule has 0 aromatic heterocycles. The fourth-order valence-corrected chi connectivity index (χ4v) is 2.99. The molecule has 0 saturated carbocycles. The molecule has 0 amide bonds. The molecule has 104 valence electrons. The first kappa shape index (κ1) is 13.4. The Morgan fingerprint density at radius 2 is 1.35 bits per heavy atom. The summed E-state index contributed by atoms with van der Waals surface area (Å²) in [6.07, 6.45) is 9.05. The Labute approximate surface area is 122 Å². The SMILES string of the molecule is Cc1ccc(CCCCCc2ccc3c(c2)CC3)cc1. The zero-order valence-electron chi connectivity index (χ0n) is 12.5. The molecule has 0 radical (unpaired) electrons. The van der Waals surface area contributed by atoms with Crippen molar-refractivity contribution in [3.05, 3.63) is 70.3 Å². The fraction of sp³-hybridized carbons (Fsp3) is 0.400. The van der Waals surface area contributed by atoms with Crippen LogP contribution < -0.4 is 0 Å². The van der Waals surface area contributed by atoms with Crippen LogP contribution in [-0.4, -0.2) is 0 Å². The number of hydrogen-bond donors (Lipinski definition) is 0. The van der Waals surface area contributed by atoms with Crippen LogP contribution >= 0.6 is 0 Å². The maximum atomic E-state index is 2.43. The van der Waals surface area contributed by atoms with E-state index in [1.807, 2.05) is 0 Å². The lowest BCUT2D eigenvalue weighted by atomic mass is 9.86. The minimum absolute atomic E-state index is 1.23. The zero-order chi connectivity index (χ0) is 13.8. The van der Waals surface area contributed by atoms with Gasteiger partial charge in [-0.2, -0.15) is 0 Å². The lowest BCUT2D eigenvalue weighted by Gasteiger charge is -2.19. The molecule has 0 aliphatic heterocycles. The molecule has 2 aromatic carbocycles. The quantitative estimate of drug-likeness (QED) is 0.640. The van der Waals surface area contributed by atoms with Crippen molar-refractivity contribution in [1.29, 1.82) is 0 Å². The topological polar surface area (TPSA) is 0 Å². The van der Waals surface area contributed by atoms with Crippen molar-refractivity contribution in [2.45, 2.75) is 51.9 Å². The van der Waals surface area contributed by atoms with Gasteiger partial charge < -0.3 is 0 Å². The van der Waals surface area contributed by atoms with E-state index in [9.17, 15) is 0 Å². The molecular formula is C20H24. The summed E-state index contributed by atoms with van der Waals surface area (Å²) in [5.74, 6) is 0. The molecule has 20 heavy (non-hydrogen) atoms. The Morgan fingerprint density at radius 1 is 0.700 bits per heavy atom. The summed E-state index contributed by atoms with van der Waals surface area (Å²) in [5.41, 5.74) is 7.56. The number of rotatable bonds is 6. The molecule has 0 atom stereocenters. The first-order valence-corrected chi connectivity index (χ1v) is 7.97. The third kappa shape index (κ3) is 3.30. The highest BCUT2D eigenvalue weighted by Gasteiger charge is 2.12. The van der Waals surface area contributed by atoms with Gasteiger partial charge in [0, 0.05) is 0 Å². The smallest absolute Gasteiger partial charge is 0.0235 e. The summed E-state index contributed by atoms with van der Waals surface area (Å²) < 4.78 is 0. The molecular weight excluding hydrogens is 240 g/mol. The van der Waals surface area contributed by atoms with Gasteiger partial charge in [-0.1, -0.05) is 54.4 Å². The van der Waals surface area contributed by atoms with E-state index in [1.165, 1.54) is 56.1 Å². The van der Waals surface area contributed by atoms with E-state index < -0.39 is 0 Å². The fourth-order valence-electron chi connectivity index (χ4n) is 2.99. The van der Waals surface area contributed by atoms with Crippen molar-refractivity contribution >= 4 is 0 Å². The number of unbranched alkanes of at least 4 members (excludes halogenated alkanes) is 2. The Kier molecular flexibility index (Phi) is 4.20. The summed E-state index contributed by atoms with van der Waals surface area (Å²) in [6.45, 7) is 2.15. The average Bonchev–Trinajstić information content (AvgIpc) is 2.43. The van der Waals surface area contributed by atoms with Gasteiger partial charge in [-0.05, 0) is 67.7 Å². The summed E-state index contributed by atoms with van der Waals surface area (Å²) in [7, 11) is 0. The largest absolute Gasteiger partial charge is 0.0591 e. The van der Waals surface area contributed by atoms with Crippen molar-refractivity contribution in [2.24, 2.45) is 0 Å². The van der Waals surface area contributed by atoms with Crippen LogP contribution in [0.2, 0.25) is 0 Å². The molecule has 0 bridgehead atoms. The van der Waals surface area contributed by atoms with Crippen LogP contribution in [0.15, 0.2) is 42.5 Å². The molecule has 0 saturated heterocycles. The third-order valence-electron chi connectivity index (χ3n) is 4.49. The van der Waals surface area contributed by atoms with Crippen LogP contribution in [-0.2, 0) is 25.7 Å². The van der Waals surface area contributed by atoms with Crippen LogP contribution in [0.3, 0.4) is 0 Å². The second-order valence-corrected chi connectivity index (χ2v) is 6.15. The summed E-state index contributed by atoms with van der Waals surface area (Å²) >= 11 is 0. The van der Waals surface area contributed by atoms with Gasteiger partial charge in [0.25, 0.3) is 0 Å². The molecule has 1 aliphatic rings. The Hall–Kier alpha value is -1.56. The highest BCUT2D eigenvalue weighted by Crippen LogP contribution is 2.24. The standard InChI is InChI=1S/C20H24/c1-16-7-9-17(10-8-16)5-3-2-4-6-18-11-12-19-13-14-20(19)15-18/h7-12,15H,2-6,13-14H2,1H3. The van der Waals surface area contributed by atoms with Crippen molar-refractivity contribution in [2.75, 3.05) is 0 Å². The van der Waals surface area contributed by atoms with E-state index in [0.29, 0.717) is 0 Å². The van der Waals surface area contributed by atoms with Crippen molar-refractivity contribution in [1.82, 2.24) is 0 Å². The van der Waals surface area contributed by atoms with Gasteiger partial charge in [0.15, 0.2) is 0 Å². The van der Waals surface area contributed by atoms with Crippen LogP contribution in [0.1, 0.15) is 47.1 Å². The molecule has 0 heteroatoms. The van der Waals surface area contributed by atoms with Gasteiger partial charge in [-0.15, -0.1) is 0 Å². The van der Waals surface area contributed by atoms with Crippen molar-refractivity contribution < 1.29 is 0 Å². The third-order valence-corrected chi connectivity index (χ3v) is 4.49. The van der Waals surface area contributed by atoms with Crippen LogP contribution in [0, 0.1) is 6.92 Å². The van der Waals surface area contributed by atoms with Crippen molar-refractivity contribution in [3.8, 4) is 0 Å². The second-order valence-electron chi connectivity index (χ2n) is 6.15. The molecule has 0 nitrogen and oxygen atoms in total. The second kappa shape index (κ2) is 6.26. The maximum absolute atomic E-state index is 2.43. The zero-order valence-corrected chi connectivity index (χ0v) is 12.5. The summed E-state index contributed by atoms with van der Waals surface area (Å²) in [6, 6.07) is 16.1. The normalized spacial score (nSPS) is 12.8. The van der Waals surface area contributed by atoms with Gasteiger partial charge in [0.05, 0.1) is 0 Å². The Morgan fingerprint density at radius 3 is 2.00 bits per heavy atom. The highest BCUT2D eigenvalue weighted by atomic mass is 14.2. The molecule has 3 rings (SSSR count). The Balaban J connectivity index is 1.37. The molecule has 2 aromatic rings. The monoisotopic (exact) mass is 264 g/mol. The lowest BCUT2D eigenvalue weighted by molar-refractivity contribution is 0.677. The van der Waals surface area contributed by atoms with E-state index in [-0.39, 0.29) is 0 Å². The van der Waals surface area contributed by atoms with E-state index in [0.717, 1.165) is 0 Å². The predicted octanol–water partition coefficient (Wildman–Crippen LogP) is 5.05. The number of aryl methyl sites for hydroxylation is 5. The highest BCUT2D eigenvalue weighted by molar-refractivity contribution is 5.38. The van der Waals surface area contributed by atoms with E-state index >= 15 is 0 Å².